The minimum atomic E-state index is -2.34. The summed E-state index contributed by atoms with van der Waals surface area (Å²) in [5.74, 6) is 0.412. The van der Waals surface area contributed by atoms with Crippen molar-refractivity contribution in [1.82, 2.24) is 25.5 Å². The van der Waals surface area contributed by atoms with Crippen molar-refractivity contribution in [2.75, 3.05) is 6.54 Å². The van der Waals surface area contributed by atoms with Gasteiger partial charge in [-0.3, -0.25) is 9.89 Å². The first-order valence-corrected chi connectivity index (χ1v) is 8.63. The number of aromatic amines is 1. The molecule has 2 aromatic rings. The number of aromatic nitrogens is 4. The van der Waals surface area contributed by atoms with Crippen molar-refractivity contribution in [2.45, 2.75) is 51.5 Å². The maximum atomic E-state index is 12.4. The van der Waals surface area contributed by atoms with E-state index < -0.39 is 13.0 Å². The van der Waals surface area contributed by atoms with Gasteiger partial charge in [0.15, 0.2) is 5.82 Å². The van der Waals surface area contributed by atoms with E-state index in [0.29, 0.717) is 11.5 Å². The molecule has 0 bridgehead atoms. The van der Waals surface area contributed by atoms with Crippen LogP contribution in [0.15, 0.2) is 18.5 Å². The van der Waals surface area contributed by atoms with Gasteiger partial charge < -0.3 is 11.1 Å². The van der Waals surface area contributed by atoms with Gasteiger partial charge >= 0.3 is 0 Å². The first-order chi connectivity index (χ1) is 12.5. The van der Waals surface area contributed by atoms with Crippen molar-refractivity contribution in [2.24, 2.45) is 5.73 Å². The summed E-state index contributed by atoms with van der Waals surface area (Å²) in [7, 11) is 0. The number of halogens is 2. The first-order valence-electron chi connectivity index (χ1n) is 8.63. The summed E-state index contributed by atoms with van der Waals surface area (Å²) in [6, 6.07) is 2.00. The van der Waals surface area contributed by atoms with Crippen LogP contribution in [-0.2, 0) is 0 Å². The topological polar surface area (TPSA) is 110 Å². The Hall–Kier alpha value is -2.42. The third kappa shape index (κ3) is 6.14. The lowest BCUT2D eigenvalue weighted by molar-refractivity contribution is 0.0922. The Labute approximate surface area is 150 Å². The first kappa shape index (κ1) is 19.9. The smallest absolute Gasteiger partial charge is 0.270 e. The largest absolute Gasteiger partial charge is 0.348 e. The number of nitrogens with two attached hydrogens (primary N) is 1. The van der Waals surface area contributed by atoms with Crippen molar-refractivity contribution in [1.29, 1.82) is 0 Å². The minimum Gasteiger partial charge on any atom is -0.348 e. The molecule has 7 nitrogen and oxygen atoms in total. The molecule has 1 saturated carbocycles. The number of amides is 1. The van der Waals surface area contributed by atoms with Crippen LogP contribution in [0.2, 0.25) is 0 Å². The Kier molecular flexibility index (Phi) is 7.58. The Morgan fingerprint density at radius 2 is 2.04 bits per heavy atom. The van der Waals surface area contributed by atoms with Gasteiger partial charge in [-0.15, -0.1) is 0 Å². The highest BCUT2D eigenvalue weighted by atomic mass is 19.3. The SMILES string of the molecule is Cc1cc(C(=O)NC2CCCCC2)nc(-c2cn[nH]c2)n1.NCC(F)F. The van der Waals surface area contributed by atoms with E-state index >= 15 is 0 Å². The van der Waals surface area contributed by atoms with E-state index in [0.717, 1.165) is 24.1 Å². The van der Waals surface area contributed by atoms with E-state index in [-0.39, 0.29) is 11.9 Å². The minimum absolute atomic E-state index is 0.114. The van der Waals surface area contributed by atoms with Gasteiger partial charge in [-0.1, -0.05) is 19.3 Å². The zero-order valence-electron chi connectivity index (χ0n) is 14.7. The Morgan fingerprint density at radius 3 is 2.62 bits per heavy atom. The van der Waals surface area contributed by atoms with Gasteiger partial charge in [0.05, 0.1) is 18.3 Å². The summed E-state index contributed by atoms with van der Waals surface area (Å²) in [5, 5.41) is 9.70. The molecule has 142 valence electrons. The average molecular weight is 366 g/mol. The molecule has 0 radical (unpaired) electrons. The van der Waals surface area contributed by atoms with Crippen molar-refractivity contribution in [3.63, 3.8) is 0 Å². The molecule has 2 heterocycles. The van der Waals surface area contributed by atoms with Crippen LogP contribution in [0.4, 0.5) is 8.78 Å². The van der Waals surface area contributed by atoms with Gasteiger partial charge in [-0.05, 0) is 25.8 Å². The van der Waals surface area contributed by atoms with E-state index in [1.165, 1.54) is 19.3 Å². The van der Waals surface area contributed by atoms with Crippen LogP contribution in [0.5, 0.6) is 0 Å². The molecule has 1 amide bonds. The predicted molar refractivity (Wildman–Crippen MR) is 93.7 cm³/mol. The van der Waals surface area contributed by atoms with Crippen LogP contribution in [0.3, 0.4) is 0 Å². The lowest BCUT2D eigenvalue weighted by Gasteiger charge is -2.22. The second-order valence-electron chi connectivity index (χ2n) is 6.14. The summed E-state index contributed by atoms with van der Waals surface area (Å²) < 4.78 is 21.3. The van der Waals surface area contributed by atoms with Gasteiger partial charge in [-0.25, -0.2) is 18.7 Å². The van der Waals surface area contributed by atoms with Crippen LogP contribution in [0.1, 0.15) is 48.3 Å². The van der Waals surface area contributed by atoms with Crippen LogP contribution in [0.25, 0.3) is 11.4 Å². The van der Waals surface area contributed by atoms with Crippen LogP contribution in [-0.4, -0.2) is 45.1 Å². The highest BCUT2D eigenvalue weighted by molar-refractivity contribution is 5.93. The summed E-state index contributed by atoms with van der Waals surface area (Å²) in [4.78, 5) is 21.1. The maximum absolute atomic E-state index is 12.4. The second kappa shape index (κ2) is 9.91. The van der Waals surface area contributed by atoms with Crippen LogP contribution in [0, 0.1) is 6.92 Å². The molecule has 1 fully saturated rings. The summed E-state index contributed by atoms with van der Waals surface area (Å²) in [5.41, 5.74) is 6.40. The maximum Gasteiger partial charge on any atom is 0.270 e. The molecular formula is C17H24F2N6O. The van der Waals surface area contributed by atoms with Gasteiger partial charge in [0.1, 0.15) is 5.69 Å². The van der Waals surface area contributed by atoms with E-state index in [1.807, 2.05) is 6.92 Å². The fourth-order valence-electron chi connectivity index (χ4n) is 2.69. The van der Waals surface area contributed by atoms with Gasteiger partial charge in [0.2, 0.25) is 0 Å². The van der Waals surface area contributed by atoms with Gasteiger partial charge in [0, 0.05) is 17.9 Å². The Morgan fingerprint density at radius 1 is 1.35 bits per heavy atom. The molecular weight excluding hydrogens is 342 g/mol. The van der Waals surface area contributed by atoms with E-state index in [4.69, 9.17) is 0 Å². The van der Waals surface area contributed by atoms with E-state index in [9.17, 15) is 13.6 Å². The van der Waals surface area contributed by atoms with Crippen molar-refractivity contribution >= 4 is 5.91 Å². The molecule has 0 unspecified atom stereocenters. The summed E-state index contributed by atoms with van der Waals surface area (Å²) >= 11 is 0. The van der Waals surface area contributed by atoms with E-state index in [1.54, 1.807) is 18.5 Å². The molecule has 0 aliphatic heterocycles. The molecule has 4 N–H and O–H groups in total. The molecule has 0 spiro atoms. The lowest BCUT2D eigenvalue weighted by Crippen LogP contribution is -2.36. The predicted octanol–water partition coefficient (Wildman–Crippen LogP) is 2.45. The van der Waals surface area contributed by atoms with Gasteiger partial charge in [0.25, 0.3) is 12.3 Å². The second-order valence-corrected chi connectivity index (χ2v) is 6.14. The molecule has 2 aromatic heterocycles. The number of hydrogen-bond donors (Lipinski definition) is 3. The average Bonchev–Trinajstić information content (AvgIpc) is 3.17. The number of carbonyl (C=O) groups excluding carboxylic acids is 1. The number of alkyl halides is 2. The molecule has 26 heavy (non-hydrogen) atoms. The molecule has 0 atom stereocenters. The number of nitrogens with zero attached hydrogens (tertiary/aromatic N) is 3. The molecule has 1 aliphatic rings. The standard InChI is InChI=1S/C15H19N5O.C2H5F2N/c1-10-7-13(15(21)19-12-5-3-2-4-6-12)20-14(18-10)11-8-16-17-9-11;3-2(4)1-5/h7-9,12H,2-6H2,1H3,(H,16,17)(H,19,21);2H,1,5H2. The number of nitrogens with one attached hydrogen (secondary N) is 2. The van der Waals surface area contributed by atoms with Crippen molar-refractivity contribution in [3.05, 3.63) is 29.8 Å². The number of aryl methyl sites for hydroxylation is 1. The molecule has 3 rings (SSSR count). The van der Waals surface area contributed by atoms with E-state index in [2.05, 4.69) is 31.2 Å². The zero-order valence-corrected chi connectivity index (χ0v) is 14.7. The summed E-state index contributed by atoms with van der Waals surface area (Å²) in [6.07, 6.45) is 6.80. The van der Waals surface area contributed by atoms with Gasteiger partial charge in [-0.2, -0.15) is 5.10 Å². The fraction of sp³-hybridized carbons (Fsp3) is 0.529. The molecule has 9 heteroatoms. The number of hydrogen-bond acceptors (Lipinski definition) is 5. The highest BCUT2D eigenvalue weighted by Gasteiger charge is 2.18. The normalized spacial score (nSPS) is 14.7. The monoisotopic (exact) mass is 366 g/mol. The number of rotatable bonds is 4. The third-order valence-electron chi connectivity index (χ3n) is 3.96. The highest BCUT2D eigenvalue weighted by Crippen LogP contribution is 2.18. The fourth-order valence-corrected chi connectivity index (χ4v) is 2.69. The Balaban J connectivity index is 0.000000431. The number of H-pyrrole nitrogens is 1. The number of carbonyl (C=O) groups is 1. The Bertz CT molecular complexity index is 687. The van der Waals surface area contributed by atoms with Crippen LogP contribution >= 0.6 is 0 Å². The molecule has 1 aliphatic carbocycles. The summed E-state index contributed by atoms with van der Waals surface area (Å²) in [6.45, 7) is 1.34. The van der Waals surface area contributed by atoms with Crippen LogP contribution < -0.4 is 11.1 Å². The molecule has 0 aromatic carbocycles. The third-order valence-corrected chi connectivity index (χ3v) is 3.96. The van der Waals surface area contributed by atoms with Crippen molar-refractivity contribution in [3.8, 4) is 11.4 Å². The van der Waals surface area contributed by atoms with Crippen molar-refractivity contribution < 1.29 is 13.6 Å². The zero-order chi connectivity index (χ0) is 18.9. The quantitative estimate of drug-likeness (QED) is 0.770. The molecule has 0 saturated heterocycles. The lowest BCUT2D eigenvalue weighted by atomic mass is 9.95.